The van der Waals surface area contributed by atoms with E-state index in [2.05, 4.69) is 38.8 Å². The maximum Gasteiger partial charge on any atom is 0.159 e. The van der Waals surface area contributed by atoms with Crippen LogP contribution in [0.25, 0.3) is 10.8 Å². The first-order chi connectivity index (χ1) is 11.3. The molecule has 0 unspecified atom stereocenters. The number of methoxy groups -OCH3 is 1. The maximum absolute atomic E-state index is 6.17. The third kappa shape index (κ3) is 3.32. The van der Waals surface area contributed by atoms with Gasteiger partial charge in [0.1, 0.15) is 12.0 Å². The van der Waals surface area contributed by atoms with Gasteiger partial charge < -0.3 is 21.1 Å². The molecule has 4 N–H and O–H groups in total. The summed E-state index contributed by atoms with van der Waals surface area (Å²) in [6.45, 7) is 1.21. The zero-order valence-electron chi connectivity index (χ0n) is 12.9. The van der Waals surface area contributed by atoms with Gasteiger partial charge in [0.2, 0.25) is 0 Å². The van der Waals surface area contributed by atoms with Gasteiger partial charge in [-0.3, -0.25) is 0 Å². The molecule has 0 saturated carbocycles. The third-order valence-corrected chi connectivity index (χ3v) is 3.53. The molecular formula is C17H19N5O. The SMILES string of the molecule is COCCNc1ncnc(Nc2cccc3ccccc23)c1N. The standard InChI is InChI=1S/C17H19N5O/c1-23-10-9-19-16-15(18)17(21-11-20-16)22-14-8-4-6-12-5-2-3-7-13(12)14/h2-8,11H,9-10,18H2,1H3,(H2,19,20,21,22). The summed E-state index contributed by atoms with van der Waals surface area (Å²) in [7, 11) is 1.65. The quantitative estimate of drug-likeness (QED) is 0.607. The van der Waals surface area contributed by atoms with Crippen LogP contribution in [0.2, 0.25) is 0 Å². The molecule has 1 aromatic heterocycles. The Morgan fingerprint density at radius 3 is 2.70 bits per heavy atom. The summed E-state index contributed by atoms with van der Waals surface area (Å²) in [4.78, 5) is 8.42. The van der Waals surface area contributed by atoms with Crippen molar-refractivity contribution in [1.29, 1.82) is 0 Å². The lowest BCUT2D eigenvalue weighted by molar-refractivity contribution is 0.210. The lowest BCUT2D eigenvalue weighted by Gasteiger charge is -2.13. The predicted molar refractivity (Wildman–Crippen MR) is 94.0 cm³/mol. The van der Waals surface area contributed by atoms with Gasteiger partial charge in [-0.2, -0.15) is 0 Å². The molecule has 2 aromatic carbocycles. The van der Waals surface area contributed by atoms with E-state index in [0.29, 0.717) is 30.5 Å². The smallest absolute Gasteiger partial charge is 0.159 e. The lowest BCUT2D eigenvalue weighted by Crippen LogP contribution is -2.12. The second-order valence-corrected chi connectivity index (χ2v) is 5.06. The Morgan fingerprint density at radius 1 is 1.04 bits per heavy atom. The van der Waals surface area contributed by atoms with Crippen LogP contribution in [0.5, 0.6) is 0 Å². The minimum absolute atomic E-state index is 0.483. The molecule has 1 heterocycles. The molecule has 0 spiro atoms. The van der Waals surface area contributed by atoms with Gasteiger partial charge in [-0.1, -0.05) is 36.4 Å². The first-order valence-electron chi connectivity index (χ1n) is 7.37. The highest BCUT2D eigenvalue weighted by molar-refractivity contribution is 5.96. The van der Waals surface area contributed by atoms with Crippen LogP contribution in [-0.4, -0.2) is 30.2 Å². The van der Waals surface area contributed by atoms with Crippen LogP contribution in [-0.2, 0) is 4.74 Å². The topological polar surface area (TPSA) is 85.1 Å². The molecule has 3 rings (SSSR count). The number of nitrogens with two attached hydrogens (primary N) is 1. The predicted octanol–water partition coefficient (Wildman–Crippen LogP) is 3.01. The molecule has 0 bridgehead atoms. The number of fused-ring (bicyclic) bond motifs is 1. The first-order valence-corrected chi connectivity index (χ1v) is 7.37. The van der Waals surface area contributed by atoms with Crippen molar-refractivity contribution >= 4 is 33.8 Å². The second kappa shape index (κ2) is 6.93. The number of ether oxygens (including phenoxy) is 1. The van der Waals surface area contributed by atoms with Gasteiger partial charge in [-0.25, -0.2) is 9.97 Å². The number of rotatable bonds is 6. The second-order valence-electron chi connectivity index (χ2n) is 5.06. The van der Waals surface area contributed by atoms with Crippen molar-refractivity contribution < 1.29 is 4.74 Å². The van der Waals surface area contributed by atoms with E-state index in [-0.39, 0.29) is 0 Å². The van der Waals surface area contributed by atoms with E-state index in [0.717, 1.165) is 16.5 Å². The van der Waals surface area contributed by atoms with Crippen molar-refractivity contribution in [1.82, 2.24) is 9.97 Å². The Bertz CT molecular complexity index is 801. The largest absolute Gasteiger partial charge is 0.393 e. The van der Waals surface area contributed by atoms with Crippen LogP contribution in [0.4, 0.5) is 23.0 Å². The fourth-order valence-electron chi connectivity index (χ4n) is 2.37. The number of nitrogen functional groups attached to an aromatic ring is 1. The first kappa shape index (κ1) is 15.1. The number of anilines is 4. The van der Waals surface area contributed by atoms with Gasteiger partial charge in [0, 0.05) is 24.7 Å². The van der Waals surface area contributed by atoms with Crippen molar-refractivity contribution in [3.05, 3.63) is 48.8 Å². The molecule has 23 heavy (non-hydrogen) atoms. The Balaban J connectivity index is 1.89. The fourth-order valence-corrected chi connectivity index (χ4v) is 2.37. The Labute approximate surface area is 134 Å². The molecular weight excluding hydrogens is 290 g/mol. The summed E-state index contributed by atoms with van der Waals surface area (Å²) >= 11 is 0. The minimum atomic E-state index is 0.483. The van der Waals surface area contributed by atoms with Gasteiger partial charge in [0.15, 0.2) is 11.6 Å². The van der Waals surface area contributed by atoms with E-state index >= 15 is 0 Å². The molecule has 0 aliphatic carbocycles. The molecule has 6 nitrogen and oxygen atoms in total. The number of nitrogens with one attached hydrogen (secondary N) is 2. The highest BCUT2D eigenvalue weighted by Crippen LogP contribution is 2.29. The van der Waals surface area contributed by atoms with Gasteiger partial charge in [-0.15, -0.1) is 0 Å². The summed E-state index contributed by atoms with van der Waals surface area (Å²) in [5.41, 5.74) is 7.60. The summed E-state index contributed by atoms with van der Waals surface area (Å²) in [6, 6.07) is 14.2. The number of hydrogen-bond donors (Lipinski definition) is 3. The van der Waals surface area contributed by atoms with Crippen LogP contribution in [0, 0.1) is 0 Å². The summed E-state index contributed by atoms with van der Waals surface area (Å²) < 4.78 is 5.02. The molecule has 3 aromatic rings. The fraction of sp³-hybridized carbons (Fsp3) is 0.176. The van der Waals surface area contributed by atoms with Crippen LogP contribution >= 0.6 is 0 Å². The number of benzene rings is 2. The zero-order chi connectivity index (χ0) is 16.1. The molecule has 0 aliphatic heterocycles. The molecule has 0 saturated heterocycles. The Kier molecular flexibility index (Phi) is 4.54. The molecule has 0 aliphatic rings. The van der Waals surface area contributed by atoms with E-state index in [1.165, 1.54) is 6.33 Å². The number of hydrogen-bond acceptors (Lipinski definition) is 6. The summed E-state index contributed by atoms with van der Waals surface area (Å²) in [5.74, 6) is 1.18. The van der Waals surface area contributed by atoms with Crippen molar-refractivity contribution in [2.75, 3.05) is 36.6 Å². The number of nitrogens with zero attached hydrogens (tertiary/aromatic N) is 2. The monoisotopic (exact) mass is 309 g/mol. The average molecular weight is 309 g/mol. The molecule has 6 heteroatoms. The van der Waals surface area contributed by atoms with Gasteiger partial charge >= 0.3 is 0 Å². The molecule has 0 amide bonds. The zero-order valence-corrected chi connectivity index (χ0v) is 12.9. The van der Waals surface area contributed by atoms with Crippen molar-refractivity contribution in [2.24, 2.45) is 0 Å². The van der Waals surface area contributed by atoms with Gasteiger partial charge in [0.05, 0.1) is 6.61 Å². The van der Waals surface area contributed by atoms with Crippen molar-refractivity contribution in [2.45, 2.75) is 0 Å². The Hall–Kier alpha value is -2.86. The van der Waals surface area contributed by atoms with Crippen molar-refractivity contribution in [3.8, 4) is 0 Å². The normalized spacial score (nSPS) is 10.7. The van der Waals surface area contributed by atoms with E-state index in [1.54, 1.807) is 7.11 Å². The van der Waals surface area contributed by atoms with Crippen LogP contribution in [0.15, 0.2) is 48.8 Å². The van der Waals surface area contributed by atoms with Crippen molar-refractivity contribution in [3.63, 3.8) is 0 Å². The molecule has 118 valence electrons. The molecule has 0 fully saturated rings. The van der Waals surface area contributed by atoms with E-state index in [4.69, 9.17) is 10.5 Å². The van der Waals surface area contributed by atoms with Gasteiger partial charge in [0.25, 0.3) is 0 Å². The summed E-state index contributed by atoms with van der Waals surface area (Å²) in [5, 5.41) is 8.70. The van der Waals surface area contributed by atoms with E-state index < -0.39 is 0 Å². The van der Waals surface area contributed by atoms with Gasteiger partial charge in [-0.05, 0) is 11.5 Å². The lowest BCUT2D eigenvalue weighted by atomic mass is 10.1. The highest BCUT2D eigenvalue weighted by Gasteiger charge is 2.09. The highest BCUT2D eigenvalue weighted by atomic mass is 16.5. The molecule has 0 atom stereocenters. The Morgan fingerprint density at radius 2 is 1.83 bits per heavy atom. The van der Waals surface area contributed by atoms with Crippen LogP contribution in [0.3, 0.4) is 0 Å². The summed E-state index contributed by atoms with van der Waals surface area (Å²) in [6.07, 6.45) is 1.49. The van der Waals surface area contributed by atoms with Crippen LogP contribution in [0.1, 0.15) is 0 Å². The molecule has 0 radical (unpaired) electrons. The van der Waals surface area contributed by atoms with Crippen LogP contribution < -0.4 is 16.4 Å². The minimum Gasteiger partial charge on any atom is -0.393 e. The number of aromatic nitrogens is 2. The van der Waals surface area contributed by atoms with E-state index in [1.807, 2.05) is 24.3 Å². The van der Waals surface area contributed by atoms with E-state index in [9.17, 15) is 0 Å². The third-order valence-electron chi connectivity index (χ3n) is 3.53. The maximum atomic E-state index is 6.17. The average Bonchev–Trinajstić information content (AvgIpc) is 2.58.